The second kappa shape index (κ2) is 6.16. The summed E-state index contributed by atoms with van der Waals surface area (Å²) in [5.41, 5.74) is 0. The van der Waals surface area contributed by atoms with Crippen LogP contribution in [0.5, 0.6) is 0 Å². The van der Waals surface area contributed by atoms with Crippen LogP contribution in [0, 0.1) is 0 Å². The summed E-state index contributed by atoms with van der Waals surface area (Å²) in [6.45, 7) is 4.47. The molecule has 1 saturated heterocycles. The Morgan fingerprint density at radius 1 is 1.64 bits per heavy atom. The number of hydrogen-bond acceptors (Lipinski definition) is 3. The molecule has 1 rings (SSSR count). The average Bonchev–Trinajstić information content (AvgIpc) is 2.41. The van der Waals surface area contributed by atoms with Crippen molar-refractivity contribution < 1.29 is 14.3 Å². The first-order valence-electron chi connectivity index (χ1n) is 3.83. The van der Waals surface area contributed by atoms with Crippen LogP contribution in [0.3, 0.4) is 0 Å². The molecule has 0 radical (unpaired) electrons. The number of methoxy groups -OCH3 is 1. The maximum absolute atomic E-state index is 9.59. The van der Waals surface area contributed by atoms with Crippen LogP contribution in [0.25, 0.3) is 0 Å². The predicted octanol–water partition coefficient (Wildman–Crippen LogP) is 1.36. The molecule has 1 atom stereocenters. The second-order valence-electron chi connectivity index (χ2n) is 2.52. The van der Waals surface area contributed by atoms with E-state index in [0.717, 1.165) is 6.61 Å². The maximum Gasteiger partial charge on any atom is 0.302 e. The van der Waals surface area contributed by atoms with Gasteiger partial charge in [0.2, 0.25) is 0 Å². The normalized spacial score (nSPS) is 21.9. The lowest BCUT2D eigenvalue weighted by atomic mass is 10.3. The second-order valence-corrected chi connectivity index (χ2v) is 2.52. The van der Waals surface area contributed by atoms with Gasteiger partial charge in [-0.2, -0.15) is 0 Å². The molecular weight excluding hydrogens is 144 g/mol. The number of rotatable bonds is 0. The van der Waals surface area contributed by atoms with E-state index in [-0.39, 0.29) is 5.97 Å². The van der Waals surface area contributed by atoms with E-state index in [9.17, 15) is 4.79 Å². The summed E-state index contributed by atoms with van der Waals surface area (Å²) >= 11 is 0. The van der Waals surface area contributed by atoms with E-state index >= 15 is 0 Å². The highest BCUT2D eigenvalue weighted by Gasteiger charge is 2.07. The van der Waals surface area contributed by atoms with E-state index in [2.05, 4.69) is 11.7 Å². The molecule has 0 amide bonds. The van der Waals surface area contributed by atoms with E-state index < -0.39 is 0 Å². The molecule has 0 spiro atoms. The fraction of sp³-hybridized carbons (Fsp3) is 0.875. The Balaban J connectivity index is 0.000000187. The van der Waals surface area contributed by atoms with Gasteiger partial charge in [-0.05, 0) is 19.8 Å². The zero-order valence-electron chi connectivity index (χ0n) is 7.42. The van der Waals surface area contributed by atoms with E-state index in [1.807, 2.05) is 0 Å². The van der Waals surface area contributed by atoms with Gasteiger partial charge in [-0.15, -0.1) is 0 Å². The van der Waals surface area contributed by atoms with E-state index in [4.69, 9.17) is 4.74 Å². The summed E-state index contributed by atoms with van der Waals surface area (Å²) in [5, 5.41) is 0. The number of carbonyl (C=O) groups excluding carboxylic acids is 1. The molecule has 3 nitrogen and oxygen atoms in total. The molecule has 0 aromatic rings. The lowest BCUT2D eigenvalue weighted by Crippen LogP contribution is -1.94. The fourth-order valence-electron chi connectivity index (χ4n) is 0.739. The maximum atomic E-state index is 9.59. The van der Waals surface area contributed by atoms with Crippen LogP contribution < -0.4 is 0 Å². The third-order valence-electron chi connectivity index (χ3n) is 1.44. The van der Waals surface area contributed by atoms with Crippen molar-refractivity contribution in [3.05, 3.63) is 0 Å². The fourth-order valence-corrected chi connectivity index (χ4v) is 0.739. The van der Waals surface area contributed by atoms with Crippen molar-refractivity contribution in [2.24, 2.45) is 0 Å². The van der Waals surface area contributed by atoms with Gasteiger partial charge < -0.3 is 9.47 Å². The minimum absolute atomic E-state index is 0.245. The van der Waals surface area contributed by atoms with Crippen LogP contribution in [0.15, 0.2) is 0 Å². The number of esters is 1. The van der Waals surface area contributed by atoms with Crippen molar-refractivity contribution in [2.45, 2.75) is 32.8 Å². The van der Waals surface area contributed by atoms with Crippen molar-refractivity contribution in [3.63, 3.8) is 0 Å². The van der Waals surface area contributed by atoms with Crippen molar-refractivity contribution in [1.29, 1.82) is 0 Å². The van der Waals surface area contributed by atoms with Gasteiger partial charge in [0, 0.05) is 13.5 Å². The molecular formula is C8H16O3. The zero-order chi connectivity index (χ0) is 8.69. The number of hydrogen-bond donors (Lipinski definition) is 0. The SMILES string of the molecule is CC1CCCO1.COC(C)=O. The van der Waals surface area contributed by atoms with Gasteiger partial charge in [-0.1, -0.05) is 0 Å². The first-order chi connectivity index (χ1) is 5.16. The van der Waals surface area contributed by atoms with Crippen LogP contribution in [-0.4, -0.2) is 25.8 Å². The topological polar surface area (TPSA) is 35.5 Å². The Kier molecular flexibility index (Phi) is 5.84. The van der Waals surface area contributed by atoms with Crippen LogP contribution in [0.4, 0.5) is 0 Å². The third kappa shape index (κ3) is 7.33. The molecule has 1 heterocycles. The molecule has 11 heavy (non-hydrogen) atoms. The molecule has 1 fully saturated rings. The number of carbonyl (C=O) groups is 1. The Morgan fingerprint density at radius 2 is 2.18 bits per heavy atom. The summed E-state index contributed by atoms with van der Waals surface area (Å²) in [6.07, 6.45) is 3.08. The van der Waals surface area contributed by atoms with E-state index in [0.29, 0.717) is 6.10 Å². The molecule has 66 valence electrons. The molecule has 0 aromatic heterocycles. The Bertz CT molecular complexity index is 106. The zero-order valence-corrected chi connectivity index (χ0v) is 7.42. The van der Waals surface area contributed by atoms with E-state index in [1.54, 1.807) is 0 Å². The first-order valence-corrected chi connectivity index (χ1v) is 3.83. The lowest BCUT2D eigenvalue weighted by molar-refractivity contribution is -0.137. The Morgan fingerprint density at radius 3 is 2.27 bits per heavy atom. The van der Waals surface area contributed by atoms with Crippen LogP contribution in [0.2, 0.25) is 0 Å². The number of ether oxygens (including phenoxy) is 2. The van der Waals surface area contributed by atoms with Gasteiger partial charge in [-0.25, -0.2) is 0 Å². The van der Waals surface area contributed by atoms with Crippen LogP contribution in [0.1, 0.15) is 26.7 Å². The van der Waals surface area contributed by atoms with E-state index in [1.165, 1.54) is 26.9 Å². The molecule has 0 N–H and O–H groups in total. The largest absolute Gasteiger partial charge is 0.469 e. The standard InChI is InChI=1S/C5H10O.C3H6O2/c1-5-3-2-4-6-5;1-3(4)5-2/h5H,2-4H2,1H3;1-2H3. The first kappa shape index (κ1) is 10.4. The third-order valence-corrected chi connectivity index (χ3v) is 1.44. The monoisotopic (exact) mass is 160 g/mol. The van der Waals surface area contributed by atoms with Crippen molar-refractivity contribution in [2.75, 3.05) is 13.7 Å². The highest BCUT2D eigenvalue weighted by Crippen LogP contribution is 2.09. The van der Waals surface area contributed by atoms with Crippen LogP contribution >= 0.6 is 0 Å². The van der Waals surface area contributed by atoms with Crippen molar-refractivity contribution in [1.82, 2.24) is 0 Å². The summed E-state index contributed by atoms with van der Waals surface area (Å²) < 4.78 is 9.26. The highest BCUT2D eigenvalue weighted by molar-refractivity contribution is 5.65. The summed E-state index contributed by atoms with van der Waals surface area (Å²) in [6, 6.07) is 0. The molecule has 0 saturated carbocycles. The van der Waals surface area contributed by atoms with Gasteiger partial charge in [0.15, 0.2) is 0 Å². The Hall–Kier alpha value is -0.570. The summed E-state index contributed by atoms with van der Waals surface area (Å²) in [7, 11) is 1.35. The summed E-state index contributed by atoms with van der Waals surface area (Å²) in [5.74, 6) is -0.245. The molecule has 1 aliphatic heterocycles. The van der Waals surface area contributed by atoms with Gasteiger partial charge >= 0.3 is 5.97 Å². The van der Waals surface area contributed by atoms with Gasteiger partial charge in [-0.3, -0.25) is 4.79 Å². The Labute approximate surface area is 67.7 Å². The molecule has 0 aromatic carbocycles. The molecule has 0 bridgehead atoms. The van der Waals surface area contributed by atoms with Gasteiger partial charge in [0.05, 0.1) is 13.2 Å². The molecule has 1 unspecified atom stereocenters. The minimum atomic E-state index is -0.245. The highest BCUT2D eigenvalue weighted by atomic mass is 16.5. The predicted molar refractivity (Wildman–Crippen MR) is 42.3 cm³/mol. The van der Waals surface area contributed by atoms with Crippen molar-refractivity contribution >= 4 is 5.97 Å². The molecule has 0 aliphatic carbocycles. The van der Waals surface area contributed by atoms with Gasteiger partial charge in [0.25, 0.3) is 0 Å². The minimum Gasteiger partial charge on any atom is -0.469 e. The molecule has 1 aliphatic rings. The lowest BCUT2D eigenvalue weighted by Gasteiger charge is -1.94. The average molecular weight is 160 g/mol. The smallest absolute Gasteiger partial charge is 0.302 e. The summed E-state index contributed by atoms with van der Waals surface area (Å²) in [4.78, 5) is 9.59. The quantitative estimate of drug-likeness (QED) is 0.502. The molecule has 3 heteroatoms. The van der Waals surface area contributed by atoms with Crippen molar-refractivity contribution in [3.8, 4) is 0 Å². The van der Waals surface area contributed by atoms with Gasteiger partial charge in [0.1, 0.15) is 0 Å². The van der Waals surface area contributed by atoms with Crippen LogP contribution in [-0.2, 0) is 14.3 Å².